The molecule has 4 heteroatoms. The highest BCUT2D eigenvalue weighted by atomic mass is 35.5. The number of halogens is 1. The molecule has 0 bridgehead atoms. The monoisotopic (exact) mass is 251 g/mol. The summed E-state index contributed by atoms with van der Waals surface area (Å²) in [5, 5.41) is 4.16. The van der Waals surface area contributed by atoms with Gasteiger partial charge in [0.15, 0.2) is 0 Å². The molecule has 0 aromatic carbocycles. The molecule has 1 aromatic rings. The normalized spacial score (nSPS) is 14.7. The third kappa shape index (κ3) is 3.45. The molecule has 0 radical (unpaired) electrons. The van der Waals surface area contributed by atoms with Gasteiger partial charge in [0.1, 0.15) is 5.82 Å². The quantitative estimate of drug-likeness (QED) is 0.788. The van der Waals surface area contributed by atoms with Crippen LogP contribution in [0.15, 0.2) is 24.8 Å². The third-order valence-electron chi connectivity index (χ3n) is 2.83. The van der Waals surface area contributed by atoms with Crippen LogP contribution in [0.3, 0.4) is 0 Å². The largest absolute Gasteiger partial charge is 0.356 e. The van der Waals surface area contributed by atoms with Crippen LogP contribution >= 0.6 is 11.6 Å². The molecule has 1 aromatic heterocycles. The standard InChI is InChI=1S/C13H18ClN3/c1-3-8-17(2)13-7-6-11(14)12(16-13)9-15-10-4-5-10/h3,6-7,10,15H,1,4-5,8-9H2,2H3. The molecule has 2 rings (SSSR count). The minimum atomic E-state index is 0.669. The van der Waals surface area contributed by atoms with Gasteiger partial charge in [0.25, 0.3) is 0 Å². The van der Waals surface area contributed by atoms with Crippen molar-refractivity contribution in [1.29, 1.82) is 0 Å². The highest BCUT2D eigenvalue weighted by Crippen LogP contribution is 2.22. The average molecular weight is 252 g/mol. The molecule has 17 heavy (non-hydrogen) atoms. The number of aromatic nitrogens is 1. The van der Waals surface area contributed by atoms with Crippen LogP contribution in [0.1, 0.15) is 18.5 Å². The van der Waals surface area contributed by atoms with E-state index in [1.165, 1.54) is 12.8 Å². The zero-order valence-corrected chi connectivity index (χ0v) is 10.9. The summed E-state index contributed by atoms with van der Waals surface area (Å²) in [7, 11) is 2.00. The molecule has 1 aliphatic rings. The van der Waals surface area contributed by atoms with Crippen LogP contribution in [0, 0.1) is 0 Å². The van der Waals surface area contributed by atoms with Crippen molar-refractivity contribution in [3.05, 3.63) is 35.5 Å². The molecule has 0 amide bonds. The number of hydrogen-bond acceptors (Lipinski definition) is 3. The summed E-state index contributed by atoms with van der Waals surface area (Å²) in [5.41, 5.74) is 0.923. The molecule has 1 heterocycles. The van der Waals surface area contributed by atoms with E-state index in [4.69, 9.17) is 11.6 Å². The molecule has 1 N–H and O–H groups in total. The molecule has 0 spiro atoms. The maximum Gasteiger partial charge on any atom is 0.128 e. The first-order valence-corrected chi connectivity index (χ1v) is 6.29. The van der Waals surface area contributed by atoms with E-state index in [-0.39, 0.29) is 0 Å². The zero-order chi connectivity index (χ0) is 12.3. The van der Waals surface area contributed by atoms with Crippen LogP contribution < -0.4 is 10.2 Å². The summed E-state index contributed by atoms with van der Waals surface area (Å²) in [6.07, 6.45) is 4.40. The van der Waals surface area contributed by atoms with Crippen molar-refractivity contribution in [2.75, 3.05) is 18.5 Å². The van der Waals surface area contributed by atoms with Crippen LogP contribution in [-0.4, -0.2) is 24.6 Å². The summed E-state index contributed by atoms with van der Waals surface area (Å²) >= 11 is 6.14. The summed E-state index contributed by atoms with van der Waals surface area (Å²) in [6.45, 7) is 5.26. The third-order valence-corrected chi connectivity index (χ3v) is 3.18. The smallest absolute Gasteiger partial charge is 0.128 e. The lowest BCUT2D eigenvalue weighted by atomic mass is 10.3. The van der Waals surface area contributed by atoms with E-state index in [9.17, 15) is 0 Å². The Labute approximate surface area is 107 Å². The Kier molecular flexibility index (Phi) is 4.02. The molecule has 0 aliphatic heterocycles. The van der Waals surface area contributed by atoms with Gasteiger partial charge in [-0.05, 0) is 25.0 Å². The number of nitrogens with zero attached hydrogens (tertiary/aromatic N) is 2. The second kappa shape index (κ2) is 5.52. The molecular formula is C13H18ClN3. The van der Waals surface area contributed by atoms with Crippen molar-refractivity contribution < 1.29 is 0 Å². The van der Waals surface area contributed by atoms with Gasteiger partial charge >= 0.3 is 0 Å². The summed E-state index contributed by atoms with van der Waals surface area (Å²) < 4.78 is 0. The predicted octanol–water partition coefficient (Wildman–Crippen LogP) is 2.61. The molecular weight excluding hydrogens is 234 g/mol. The summed E-state index contributed by atoms with van der Waals surface area (Å²) in [6, 6.07) is 4.52. The summed E-state index contributed by atoms with van der Waals surface area (Å²) in [5.74, 6) is 0.932. The maximum atomic E-state index is 6.14. The second-order valence-electron chi connectivity index (χ2n) is 4.42. The van der Waals surface area contributed by atoms with E-state index in [1.54, 1.807) is 0 Å². The first kappa shape index (κ1) is 12.4. The lowest BCUT2D eigenvalue weighted by Gasteiger charge is -2.17. The van der Waals surface area contributed by atoms with Gasteiger partial charge in [0, 0.05) is 26.2 Å². The fourth-order valence-electron chi connectivity index (χ4n) is 1.63. The van der Waals surface area contributed by atoms with Crippen molar-refractivity contribution >= 4 is 17.4 Å². The number of likely N-dealkylation sites (N-methyl/N-ethyl adjacent to an activating group) is 1. The maximum absolute atomic E-state index is 6.14. The number of nitrogens with one attached hydrogen (secondary N) is 1. The molecule has 0 unspecified atom stereocenters. The van der Waals surface area contributed by atoms with Crippen LogP contribution in [0.5, 0.6) is 0 Å². The van der Waals surface area contributed by atoms with E-state index in [0.717, 1.165) is 29.6 Å². The SMILES string of the molecule is C=CCN(C)c1ccc(Cl)c(CNC2CC2)n1. The van der Waals surface area contributed by atoms with E-state index in [0.29, 0.717) is 6.04 Å². The van der Waals surface area contributed by atoms with Gasteiger partial charge in [0.05, 0.1) is 10.7 Å². The molecule has 3 nitrogen and oxygen atoms in total. The second-order valence-corrected chi connectivity index (χ2v) is 4.83. The number of hydrogen-bond donors (Lipinski definition) is 1. The minimum Gasteiger partial charge on any atom is -0.356 e. The van der Waals surface area contributed by atoms with Gasteiger partial charge in [0.2, 0.25) is 0 Å². The van der Waals surface area contributed by atoms with Gasteiger partial charge in [-0.2, -0.15) is 0 Å². The highest BCUT2D eigenvalue weighted by Gasteiger charge is 2.20. The van der Waals surface area contributed by atoms with Gasteiger partial charge in [-0.3, -0.25) is 0 Å². The molecule has 0 atom stereocenters. The fraction of sp³-hybridized carbons (Fsp3) is 0.462. The first-order chi connectivity index (χ1) is 8.20. The van der Waals surface area contributed by atoms with Crippen LogP contribution in [0.2, 0.25) is 5.02 Å². The predicted molar refractivity (Wildman–Crippen MR) is 72.6 cm³/mol. The fourth-order valence-corrected chi connectivity index (χ4v) is 1.80. The zero-order valence-electron chi connectivity index (χ0n) is 10.1. The van der Waals surface area contributed by atoms with Crippen molar-refractivity contribution in [3.63, 3.8) is 0 Å². The Bertz CT molecular complexity index is 402. The Morgan fingerprint density at radius 1 is 1.59 bits per heavy atom. The first-order valence-electron chi connectivity index (χ1n) is 5.91. The number of rotatable bonds is 6. The highest BCUT2D eigenvalue weighted by molar-refractivity contribution is 6.31. The van der Waals surface area contributed by atoms with Crippen molar-refractivity contribution in [3.8, 4) is 0 Å². The van der Waals surface area contributed by atoms with Gasteiger partial charge in [-0.15, -0.1) is 6.58 Å². The van der Waals surface area contributed by atoms with Gasteiger partial charge in [-0.25, -0.2) is 4.98 Å². The number of anilines is 1. The van der Waals surface area contributed by atoms with E-state index < -0.39 is 0 Å². The minimum absolute atomic E-state index is 0.669. The summed E-state index contributed by atoms with van der Waals surface area (Å²) in [4.78, 5) is 6.62. The lowest BCUT2D eigenvalue weighted by molar-refractivity contribution is 0.674. The molecule has 1 fully saturated rings. The van der Waals surface area contributed by atoms with Gasteiger partial charge < -0.3 is 10.2 Å². The van der Waals surface area contributed by atoms with Crippen molar-refractivity contribution in [2.45, 2.75) is 25.4 Å². The topological polar surface area (TPSA) is 28.2 Å². The Hall–Kier alpha value is -1.06. The number of pyridine rings is 1. The molecule has 1 aliphatic carbocycles. The van der Waals surface area contributed by atoms with E-state index in [1.807, 2.05) is 30.2 Å². The molecule has 92 valence electrons. The van der Waals surface area contributed by atoms with E-state index in [2.05, 4.69) is 16.9 Å². The van der Waals surface area contributed by atoms with Crippen LogP contribution in [-0.2, 0) is 6.54 Å². The Balaban J connectivity index is 2.06. The lowest BCUT2D eigenvalue weighted by Crippen LogP contribution is -2.20. The molecule has 0 saturated heterocycles. The van der Waals surface area contributed by atoms with Crippen molar-refractivity contribution in [2.24, 2.45) is 0 Å². The van der Waals surface area contributed by atoms with Gasteiger partial charge in [-0.1, -0.05) is 17.7 Å². The van der Waals surface area contributed by atoms with Crippen LogP contribution in [0.4, 0.5) is 5.82 Å². The van der Waals surface area contributed by atoms with Crippen LogP contribution in [0.25, 0.3) is 0 Å². The Morgan fingerprint density at radius 2 is 2.35 bits per heavy atom. The average Bonchev–Trinajstić information content (AvgIpc) is 3.12. The van der Waals surface area contributed by atoms with Crippen molar-refractivity contribution in [1.82, 2.24) is 10.3 Å². The Morgan fingerprint density at radius 3 is 3.00 bits per heavy atom. The molecule has 1 saturated carbocycles. The van der Waals surface area contributed by atoms with E-state index >= 15 is 0 Å².